The fourth-order valence-electron chi connectivity index (χ4n) is 1.92. The molecule has 90 valence electrons. The fourth-order valence-corrected chi connectivity index (χ4v) is 1.92. The van der Waals surface area contributed by atoms with Crippen LogP contribution in [0.4, 0.5) is 0 Å². The zero-order valence-electron chi connectivity index (χ0n) is 11.2. The number of nitrogens with zero attached hydrogens (tertiary/aromatic N) is 1. The van der Waals surface area contributed by atoms with Crippen molar-refractivity contribution in [2.45, 2.75) is 53.0 Å². The van der Waals surface area contributed by atoms with Crippen molar-refractivity contribution in [2.24, 2.45) is 0 Å². The van der Waals surface area contributed by atoms with Gasteiger partial charge in [-0.3, -0.25) is 4.98 Å². The average Bonchev–Trinajstić information content (AvgIpc) is 2.16. The first-order valence-corrected chi connectivity index (χ1v) is 6.12. The average molecular weight is 220 g/mol. The maximum absolute atomic E-state index is 4.59. The summed E-state index contributed by atoms with van der Waals surface area (Å²) in [5.74, 6) is 0. The minimum Gasteiger partial charge on any atom is -0.313 e. The van der Waals surface area contributed by atoms with E-state index in [1.54, 1.807) is 0 Å². The first-order valence-electron chi connectivity index (χ1n) is 6.12. The lowest BCUT2D eigenvalue weighted by molar-refractivity contribution is 0.562. The normalized spacial score (nSPS) is 11.8. The molecule has 16 heavy (non-hydrogen) atoms. The molecule has 0 spiro atoms. The van der Waals surface area contributed by atoms with Crippen LogP contribution in [0.5, 0.6) is 0 Å². The van der Waals surface area contributed by atoms with Gasteiger partial charge in [-0.15, -0.1) is 0 Å². The Morgan fingerprint density at radius 3 is 2.50 bits per heavy atom. The molecule has 0 atom stereocenters. The van der Waals surface area contributed by atoms with Gasteiger partial charge in [-0.25, -0.2) is 0 Å². The Hall–Kier alpha value is -0.890. The molecular weight excluding hydrogens is 196 g/mol. The molecule has 2 nitrogen and oxygen atoms in total. The molecule has 0 fully saturated rings. The van der Waals surface area contributed by atoms with Crippen LogP contribution in [0.15, 0.2) is 12.3 Å². The SMILES string of the molecule is CCCNCc1cnc(C(C)(C)C)c(C)c1. The molecule has 1 heterocycles. The first-order chi connectivity index (χ1) is 7.45. The molecule has 1 rings (SSSR count). The van der Waals surface area contributed by atoms with Crippen LogP contribution < -0.4 is 5.32 Å². The third-order valence-electron chi connectivity index (χ3n) is 2.60. The van der Waals surface area contributed by atoms with E-state index in [9.17, 15) is 0 Å². The number of aromatic nitrogens is 1. The summed E-state index contributed by atoms with van der Waals surface area (Å²) in [6.45, 7) is 12.9. The number of hydrogen-bond acceptors (Lipinski definition) is 2. The van der Waals surface area contributed by atoms with E-state index < -0.39 is 0 Å². The molecule has 0 aliphatic carbocycles. The lowest BCUT2D eigenvalue weighted by Gasteiger charge is -2.20. The molecule has 1 aromatic rings. The molecule has 1 aromatic heterocycles. The summed E-state index contributed by atoms with van der Waals surface area (Å²) in [6.07, 6.45) is 3.17. The minimum atomic E-state index is 0.138. The topological polar surface area (TPSA) is 24.9 Å². The maximum atomic E-state index is 4.59. The highest BCUT2D eigenvalue weighted by atomic mass is 14.8. The molecule has 0 aliphatic heterocycles. The number of rotatable bonds is 4. The van der Waals surface area contributed by atoms with Crippen molar-refractivity contribution in [1.29, 1.82) is 0 Å². The summed E-state index contributed by atoms with van der Waals surface area (Å²) < 4.78 is 0. The summed E-state index contributed by atoms with van der Waals surface area (Å²) in [4.78, 5) is 4.59. The Balaban J connectivity index is 2.75. The molecule has 0 radical (unpaired) electrons. The Labute approximate surface area is 99.5 Å². The predicted octanol–water partition coefficient (Wildman–Crippen LogP) is 3.19. The van der Waals surface area contributed by atoms with Crippen molar-refractivity contribution in [2.75, 3.05) is 6.54 Å². The van der Waals surface area contributed by atoms with Crippen LogP contribution in [0.25, 0.3) is 0 Å². The predicted molar refractivity (Wildman–Crippen MR) is 69.7 cm³/mol. The maximum Gasteiger partial charge on any atom is 0.0486 e. The highest BCUT2D eigenvalue weighted by molar-refractivity contribution is 5.28. The lowest BCUT2D eigenvalue weighted by Crippen LogP contribution is -2.18. The van der Waals surface area contributed by atoms with Gasteiger partial charge in [-0.05, 0) is 31.0 Å². The van der Waals surface area contributed by atoms with Crippen LogP contribution in [0.1, 0.15) is 50.9 Å². The second-order valence-electron chi connectivity index (χ2n) is 5.44. The van der Waals surface area contributed by atoms with Crippen LogP contribution in [-0.2, 0) is 12.0 Å². The van der Waals surface area contributed by atoms with Gasteiger partial charge in [0, 0.05) is 23.9 Å². The lowest BCUT2D eigenvalue weighted by atomic mass is 9.88. The Morgan fingerprint density at radius 2 is 2.00 bits per heavy atom. The number of hydrogen-bond donors (Lipinski definition) is 1. The van der Waals surface area contributed by atoms with Crippen molar-refractivity contribution >= 4 is 0 Å². The largest absolute Gasteiger partial charge is 0.313 e. The summed E-state index contributed by atoms with van der Waals surface area (Å²) in [6, 6.07) is 2.25. The van der Waals surface area contributed by atoms with Gasteiger partial charge in [0.25, 0.3) is 0 Å². The van der Waals surface area contributed by atoms with E-state index in [0.717, 1.165) is 13.1 Å². The smallest absolute Gasteiger partial charge is 0.0486 e. The first kappa shape index (κ1) is 13.2. The standard InChI is InChI=1S/C14H24N2/c1-6-7-15-9-12-8-11(2)13(16-10-12)14(3,4)5/h8,10,15H,6-7,9H2,1-5H3. The van der Waals surface area contributed by atoms with Gasteiger partial charge in [0.2, 0.25) is 0 Å². The highest BCUT2D eigenvalue weighted by Gasteiger charge is 2.17. The zero-order chi connectivity index (χ0) is 12.2. The third-order valence-corrected chi connectivity index (χ3v) is 2.60. The number of aryl methyl sites for hydroxylation is 1. The van der Waals surface area contributed by atoms with Crippen LogP contribution >= 0.6 is 0 Å². The van der Waals surface area contributed by atoms with Crippen LogP contribution in [0.2, 0.25) is 0 Å². The quantitative estimate of drug-likeness (QED) is 0.788. The summed E-state index contributed by atoms with van der Waals surface area (Å²) in [5, 5.41) is 3.40. The minimum absolute atomic E-state index is 0.138. The van der Waals surface area contributed by atoms with Gasteiger partial charge in [0.1, 0.15) is 0 Å². The molecule has 0 bridgehead atoms. The van der Waals surface area contributed by atoms with E-state index in [1.165, 1.54) is 23.2 Å². The Morgan fingerprint density at radius 1 is 1.31 bits per heavy atom. The van der Waals surface area contributed by atoms with E-state index in [-0.39, 0.29) is 5.41 Å². The van der Waals surface area contributed by atoms with Gasteiger partial charge in [0.05, 0.1) is 0 Å². The Bertz CT molecular complexity index is 337. The second-order valence-corrected chi connectivity index (χ2v) is 5.44. The van der Waals surface area contributed by atoms with E-state index in [1.807, 2.05) is 6.20 Å². The van der Waals surface area contributed by atoms with Crippen molar-refractivity contribution in [3.8, 4) is 0 Å². The number of pyridine rings is 1. The molecule has 0 aliphatic rings. The van der Waals surface area contributed by atoms with Gasteiger partial charge in [0.15, 0.2) is 0 Å². The van der Waals surface area contributed by atoms with E-state index in [4.69, 9.17) is 0 Å². The zero-order valence-corrected chi connectivity index (χ0v) is 11.2. The van der Waals surface area contributed by atoms with Crippen LogP contribution in [0.3, 0.4) is 0 Å². The molecular formula is C14H24N2. The highest BCUT2D eigenvalue weighted by Crippen LogP contribution is 2.23. The summed E-state index contributed by atoms with van der Waals surface area (Å²) in [5.41, 5.74) is 3.91. The van der Waals surface area contributed by atoms with Crippen LogP contribution in [0, 0.1) is 6.92 Å². The van der Waals surface area contributed by atoms with E-state index in [2.05, 4.69) is 51.0 Å². The molecule has 0 amide bonds. The van der Waals surface area contributed by atoms with Gasteiger partial charge >= 0.3 is 0 Å². The molecule has 0 saturated heterocycles. The second kappa shape index (κ2) is 5.44. The molecule has 0 aromatic carbocycles. The third kappa shape index (κ3) is 3.60. The molecule has 0 unspecified atom stereocenters. The van der Waals surface area contributed by atoms with Gasteiger partial charge < -0.3 is 5.32 Å². The van der Waals surface area contributed by atoms with Gasteiger partial charge in [-0.2, -0.15) is 0 Å². The van der Waals surface area contributed by atoms with E-state index in [0.29, 0.717) is 0 Å². The van der Waals surface area contributed by atoms with E-state index >= 15 is 0 Å². The molecule has 0 saturated carbocycles. The number of nitrogens with one attached hydrogen (secondary N) is 1. The van der Waals surface area contributed by atoms with Crippen molar-refractivity contribution in [1.82, 2.24) is 10.3 Å². The fraction of sp³-hybridized carbons (Fsp3) is 0.643. The molecule has 1 N–H and O–H groups in total. The van der Waals surface area contributed by atoms with Crippen molar-refractivity contribution in [3.05, 3.63) is 29.1 Å². The summed E-state index contributed by atoms with van der Waals surface area (Å²) in [7, 11) is 0. The summed E-state index contributed by atoms with van der Waals surface area (Å²) >= 11 is 0. The molecule has 2 heteroatoms. The van der Waals surface area contributed by atoms with Gasteiger partial charge in [-0.1, -0.05) is 33.8 Å². The van der Waals surface area contributed by atoms with Crippen molar-refractivity contribution in [3.63, 3.8) is 0 Å². The monoisotopic (exact) mass is 220 g/mol. The van der Waals surface area contributed by atoms with Crippen LogP contribution in [-0.4, -0.2) is 11.5 Å². The Kier molecular flexibility index (Phi) is 4.48. The van der Waals surface area contributed by atoms with Crippen molar-refractivity contribution < 1.29 is 0 Å².